The van der Waals surface area contributed by atoms with Gasteiger partial charge in [-0.2, -0.15) is 0 Å². The highest BCUT2D eigenvalue weighted by Crippen LogP contribution is 2.33. The average Bonchev–Trinajstić information content (AvgIpc) is 2.89. The van der Waals surface area contributed by atoms with Crippen molar-refractivity contribution >= 4 is 5.82 Å². The molecule has 0 atom stereocenters. The molecule has 5 rings (SSSR count). The first-order valence-corrected chi connectivity index (χ1v) is 11.7. The minimum absolute atomic E-state index is 0.0594. The minimum atomic E-state index is -0.249. The maximum Gasteiger partial charge on any atom is 0.128 e. The predicted molar refractivity (Wildman–Crippen MR) is 133 cm³/mol. The van der Waals surface area contributed by atoms with Gasteiger partial charge in [0.15, 0.2) is 0 Å². The second-order valence-corrected chi connectivity index (χ2v) is 8.83. The molecule has 1 aliphatic rings. The van der Waals surface area contributed by atoms with E-state index in [1.54, 1.807) is 18.5 Å². The lowest BCUT2D eigenvalue weighted by Gasteiger charge is -2.33. The monoisotopic (exact) mass is 453 g/mol. The van der Waals surface area contributed by atoms with Crippen molar-refractivity contribution in [3.63, 3.8) is 0 Å². The second kappa shape index (κ2) is 10.1. The van der Waals surface area contributed by atoms with Crippen molar-refractivity contribution in [2.45, 2.75) is 12.3 Å². The second-order valence-electron chi connectivity index (χ2n) is 8.83. The maximum absolute atomic E-state index is 14.4. The molecule has 34 heavy (non-hydrogen) atoms. The van der Waals surface area contributed by atoms with Gasteiger partial charge in [-0.3, -0.25) is 9.97 Å². The number of halogens is 1. The van der Waals surface area contributed by atoms with Crippen LogP contribution < -0.4 is 4.90 Å². The third-order valence-corrected chi connectivity index (χ3v) is 6.56. The first-order valence-electron chi connectivity index (χ1n) is 11.7. The lowest BCUT2D eigenvalue weighted by Crippen LogP contribution is -2.44. The molecule has 0 radical (unpaired) electrons. The molecule has 1 fully saturated rings. The van der Waals surface area contributed by atoms with Crippen molar-refractivity contribution in [1.29, 1.82) is 0 Å². The molecule has 0 amide bonds. The average molecular weight is 454 g/mol. The molecule has 0 unspecified atom stereocenters. The van der Waals surface area contributed by atoms with E-state index in [2.05, 4.69) is 51.1 Å². The number of aromatic nitrogens is 3. The summed E-state index contributed by atoms with van der Waals surface area (Å²) in [4.78, 5) is 18.0. The van der Waals surface area contributed by atoms with Crippen LogP contribution in [-0.2, 0) is 6.42 Å². The molecule has 0 N–H and O–H groups in total. The van der Waals surface area contributed by atoms with E-state index in [-0.39, 0.29) is 11.7 Å². The first-order chi connectivity index (χ1) is 16.7. The van der Waals surface area contributed by atoms with E-state index >= 15 is 0 Å². The van der Waals surface area contributed by atoms with E-state index < -0.39 is 0 Å². The molecule has 0 spiro atoms. The number of hydrogen-bond acceptors (Lipinski definition) is 5. The Hall–Kier alpha value is -3.64. The Kier molecular flexibility index (Phi) is 6.58. The van der Waals surface area contributed by atoms with Gasteiger partial charge in [0.25, 0.3) is 0 Å². The fourth-order valence-electron chi connectivity index (χ4n) is 4.58. The highest BCUT2D eigenvalue weighted by Gasteiger charge is 2.19. The highest BCUT2D eigenvalue weighted by molar-refractivity contribution is 5.68. The molecule has 172 valence electrons. The van der Waals surface area contributed by atoms with Crippen LogP contribution in [0.4, 0.5) is 10.2 Å². The van der Waals surface area contributed by atoms with Crippen molar-refractivity contribution in [1.82, 2.24) is 19.9 Å². The number of anilines is 1. The van der Waals surface area contributed by atoms with Gasteiger partial charge < -0.3 is 9.80 Å². The zero-order valence-electron chi connectivity index (χ0n) is 19.3. The number of likely N-dealkylation sites (N-methyl/N-ethyl adjacent to an activating group) is 1. The van der Waals surface area contributed by atoms with Gasteiger partial charge in [-0.15, -0.1) is 0 Å². The fourth-order valence-corrected chi connectivity index (χ4v) is 4.58. The molecule has 5 nitrogen and oxygen atoms in total. The molecule has 1 aliphatic heterocycles. The van der Waals surface area contributed by atoms with Crippen LogP contribution in [0.15, 0.2) is 85.6 Å². The van der Waals surface area contributed by atoms with Gasteiger partial charge >= 0.3 is 0 Å². The van der Waals surface area contributed by atoms with Crippen LogP contribution in [0.1, 0.15) is 22.6 Å². The third-order valence-electron chi connectivity index (χ3n) is 6.56. The van der Waals surface area contributed by atoms with E-state index in [1.807, 2.05) is 36.8 Å². The Balaban J connectivity index is 1.47. The van der Waals surface area contributed by atoms with Crippen LogP contribution in [-0.4, -0.2) is 53.1 Å². The molecular weight excluding hydrogens is 425 g/mol. The smallest absolute Gasteiger partial charge is 0.128 e. The number of piperazine rings is 1. The molecule has 3 aromatic heterocycles. The summed E-state index contributed by atoms with van der Waals surface area (Å²) in [6.07, 6.45) is 9.92. The van der Waals surface area contributed by atoms with Crippen molar-refractivity contribution in [2.75, 3.05) is 38.1 Å². The third kappa shape index (κ3) is 4.97. The Morgan fingerprint density at radius 3 is 2.15 bits per heavy atom. The Morgan fingerprint density at radius 2 is 1.56 bits per heavy atom. The van der Waals surface area contributed by atoms with Gasteiger partial charge in [-0.1, -0.05) is 18.2 Å². The van der Waals surface area contributed by atoms with Crippen molar-refractivity contribution in [3.05, 3.63) is 108 Å². The molecule has 0 saturated carbocycles. The lowest BCUT2D eigenvalue weighted by molar-refractivity contribution is 0.312. The molecule has 0 bridgehead atoms. The maximum atomic E-state index is 14.4. The minimum Gasteiger partial charge on any atom is -0.354 e. The number of hydrogen-bond donors (Lipinski definition) is 0. The summed E-state index contributed by atoms with van der Waals surface area (Å²) in [7, 11) is 2.14. The largest absolute Gasteiger partial charge is 0.354 e. The topological polar surface area (TPSA) is 45.2 Å². The van der Waals surface area contributed by atoms with Gasteiger partial charge in [-0.05, 0) is 72.1 Å². The zero-order valence-corrected chi connectivity index (χ0v) is 19.3. The normalized spacial score (nSPS) is 14.5. The summed E-state index contributed by atoms with van der Waals surface area (Å²) in [5.41, 5.74) is 5.07. The fraction of sp³-hybridized carbons (Fsp3) is 0.250. The molecule has 1 aromatic carbocycles. The van der Waals surface area contributed by atoms with Gasteiger partial charge in [0.05, 0.1) is 0 Å². The summed E-state index contributed by atoms with van der Waals surface area (Å²) in [5.74, 6) is 0.781. The van der Waals surface area contributed by atoms with Gasteiger partial charge in [0, 0.05) is 68.6 Å². The van der Waals surface area contributed by atoms with Crippen molar-refractivity contribution in [2.24, 2.45) is 0 Å². The Bertz CT molecular complexity index is 1170. The Labute approximate surface area is 199 Å². The Morgan fingerprint density at radius 1 is 0.853 bits per heavy atom. The summed E-state index contributed by atoms with van der Waals surface area (Å²) >= 11 is 0. The summed E-state index contributed by atoms with van der Waals surface area (Å²) in [6, 6.07) is 17.2. The number of nitrogens with zero attached hydrogens (tertiary/aromatic N) is 5. The van der Waals surface area contributed by atoms with E-state index in [9.17, 15) is 4.39 Å². The van der Waals surface area contributed by atoms with Crippen LogP contribution >= 0.6 is 0 Å². The standard InChI is InChI=1S/C28H28FN5/c1-33-12-14-34(15-13-33)28-9-7-24(20-32-28)27-17-25(29)8-6-21(27)16-26(22-4-2-10-30-18-22)23-5-3-11-31-19-23/h2-11,17-20,26H,12-16H2,1H3. The van der Waals surface area contributed by atoms with Crippen LogP contribution in [0.25, 0.3) is 11.1 Å². The molecule has 1 saturated heterocycles. The number of rotatable bonds is 6. The molecule has 0 aliphatic carbocycles. The van der Waals surface area contributed by atoms with Crippen LogP contribution in [0.2, 0.25) is 0 Å². The highest BCUT2D eigenvalue weighted by atomic mass is 19.1. The molecular formula is C28H28FN5. The van der Waals surface area contributed by atoms with E-state index in [1.165, 1.54) is 6.07 Å². The van der Waals surface area contributed by atoms with Gasteiger partial charge in [-0.25, -0.2) is 9.37 Å². The summed E-state index contributed by atoms with van der Waals surface area (Å²) < 4.78 is 14.4. The van der Waals surface area contributed by atoms with Gasteiger partial charge in [0.1, 0.15) is 11.6 Å². The SMILES string of the molecule is CN1CCN(c2ccc(-c3cc(F)ccc3CC(c3cccnc3)c3cccnc3)cn2)CC1. The first kappa shape index (κ1) is 22.2. The van der Waals surface area contributed by atoms with E-state index in [0.29, 0.717) is 6.42 Å². The van der Waals surface area contributed by atoms with Crippen molar-refractivity contribution < 1.29 is 4.39 Å². The van der Waals surface area contributed by atoms with Crippen molar-refractivity contribution in [3.8, 4) is 11.1 Å². The molecule has 4 aromatic rings. The molecule has 6 heteroatoms. The zero-order chi connectivity index (χ0) is 23.3. The van der Waals surface area contributed by atoms with Crippen LogP contribution in [0.5, 0.6) is 0 Å². The number of pyridine rings is 3. The van der Waals surface area contributed by atoms with Gasteiger partial charge in [0.2, 0.25) is 0 Å². The van der Waals surface area contributed by atoms with E-state index in [0.717, 1.165) is 59.8 Å². The summed E-state index contributed by atoms with van der Waals surface area (Å²) in [6.45, 7) is 3.99. The van der Waals surface area contributed by atoms with Crippen LogP contribution in [0.3, 0.4) is 0 Å². The van der Waals surface area contributed by atoms with E-state index in [4.69, 9.17) is 4.98 Å². The summed E-state index contributed by atoms with van der Waals surface area (Å²) in [5, 5.41) is 0. The quantitative estimate of drug-likeness (QED) is 0.420. The molecule has 4 heterocycles. The predicted octanol–water partition coefficient (Wildman–Crippen LogP) is 4.80. The number of benzene rings is 1. The van der Waals surface area contributed by atoms with Crippen LogP contribution in [0, 0.1) is 5.82 Å². The lowest BCUT2D eigenvalue weighted by atomic mass is 9.85.